The number of halogens is 3. The maximum absolute atomic E-state index is 12.6. The quantitative estimate of drug-likeness (QED) is 0.0959. The SMILES string of the molecule is O=C(NN=Cc1ccc(OC(=O)c2sc3ccccc3c2Cl)cc1)c1ccn(Cc2ccc(Cl)cc2Cl)n1. The third kappa shape index (κ3) is 5.89. The number of amides is 1. The van der Waals surface area contributed by atoms with Gasteiger partial charge in [-0.15, -0.1) is 11.3 Å². The second-order valence-corrected chi connectivity index (χ2v) is 10.3. The van der Waals surface area contributed by atoms with Gasteiger partial charge in [-0.2, -0.15) is 10.2 Å². The fraction of sp³-hybridized carbons (Fsp3) is 0.0370. The summed E-state index contributed by atoms with van der Waals surface area (Å²) in [6.07, 6.45) is 3.15. The minimum absolute atomic E-state index is 0.203. The van der Waals surface area contributed by atoms with Gasteiger partial charge in [0.25, 0.3) is 5.91 Å². The maximum Gasteiger partial charge on any atom is 0.355 e. The molecular weight excluding hydrogens is 567 g/mol. The highest BCUT2D eigenvalue weighted by Crippen LogP contribution is 2.35. The Balaban J connectivity index is 1.16. The summed E-state index contributed by atoms with van der Waals surface area (Å²) in [6, 6.07) is 21.0. The fourth-order valence-corrected chi connectivity index (χ4v) is 5.39. The molecule has 5 aromatic rings. The van der Waals surface area contributed by atoms with Crippen LogP contribution in [0.1, 0.15) is 31.3 Å². The van der Waals surface area contributed by atoms with Crippen molar-refractivity contribution < 1.29 is 14.3 Å². The van der Waals surface area contributed by atoms with Crippen molar-refractivity contribution in [1.82, 2.24) is 15.2 Å². The third-order valence-corrected chi connectivity index (χ3v) is 7.65. The van der Waals surface area contributed by atoms with E-state index in [0.29, 0.717) is 37.8 Å². The Bertz CT molecular complexity index is 1680. The lowest BCUT2D eigenvalue weighted by Crippen LogP contribution is -2.18. The monoisotopic (exact) mass is 582 g/mol. The largest absolute Gasteiger partial charge is 0.422 e. The molecule has 2 aromatic heterocycles. The minimum atomic E-state index is -0.525. The minimum Gasteiger partial charge on any atom is -0.422 e. The Kier molecular flexibility index (Phi) is 7.76. The molecule has 0 bridgehead atoms. The molecule has 38 heavy (non-hydrogen) atoms. The van der Waals surface area contributed by atoms with Gasteiger partial charge in [-0.1, -0.05) is 59.1 Å². The van der Waals surface area contributed by atoms with Crippen LogP contribution in [0.25, 0.3) is 10.1 Å². The number of fused-ring (bicyclic) bond motifs is 1. The van der Waals surface area contributed by atoms with E-state index >= 15 is 0 Å². The summed E-state index contributed by atoms with van der Waals surface area (Å²) in [4.78, 5) is 25.4. The molecule has 190 valence electrons. The smallest absolute Gasteiger partial charge is 0.355 e. The van der Waals surface area contributed by atoms with Gasteiger partial charge in [-0.05, 0) is 59.7 Å². The van der Waals surface area contributed by atoms with Gasteiger partial charge in [0, 0.05) is 26.3 Å². The van der Waals surface area contributed by atoms with E-state index in [1.165, 1.54) is 17.6 Å². The van der Waals surface area contributed by atoms with Crippen molar-refractivity contribution in [3.8, 4) is 5.75 Å². The summed E-state index contributed by atoms with van der Waals surface area (Å²) in [5.41, 5.74) is 4.16. The van der Waals surface area contributed by atoms with Crippen LogP contribution in [0, 0.1) is 0 Å². The van der Waals surface area contributed by atoms with Gasteiger partial charge < -0.3 is 4.74 Å². The Labute approximate surface area is 236 Å². The number of benzene rings is 3. The molecule has 0 saturated heterocycles. The summed E-state index contributed by atoms with van der Waals surface area (Å²) in [5, 5.41) is 10.5. The first-order valence-electron chi connectivity index (χ1n) is 11.2. The van der Waals surface area contributed by atoms with Crippen LogP contribution in [0.2, 0.25) is 15.1 Å². The highest BCUT2D eigenvalue weighted by Gasteiger charge is 2.19. The van der Waals surface area contributed by atoms with Crippen LogP contribution >= 0.6 is 46.1 Å². The summed E-state index contributed by atoms with van der Waals surface area (Å²) in [7, 11) is 0. The van der Waals surface area contributed by atoms with Crippen LogP contribution in [0.5, 0.6) is 5.75 Å². The molecule has 5 rings (SSSR count). The number of nitrogens with zero attached hydrogens (tertiary/aromatic N) is 3. The van der Waals surface area contributed by atoms with E-state index in [9.17, 15) is 9.59 Å². The second kappa shape index (κ2) is 11.4. The first-order valence-corrected chi connectivity index (χ1v) is 13.1. The number of rotatable bonds is 7. The highest BCUT2D eigenvalue weighted by atomic mass is 35.5. The van der Waals surface area contributed by atoms with Crippen molar-refractivity contribution in [2.45, 2.75) is 6.54 Å². The van der Waals surface area contributed by atoms with Gasteiger partial charge in [0.15, 0.2) is 5.69 Å². The Morgan fingerprint density at radius 3 is 2.58 bits per heavy atom. The standard InChI is InChI=1S/C27H17Cl3N4O3S/c28-18-8-7-17(21(29)13-18)15-34-12-11-22(33-34)26(35)32-31-14-16-5-9-19(10-6-16)37-27(36)25-24(30)20-3-1-2-4-23(20)38-25/h1-14H,15H2,(H,32,35). The molecule has 0 unspecified atom stereocenters. The Hall–Kier alpha value is -3.69. The van der Waals surface area contributed by atoms with E-state index in [0.717, 1.165) is 15.6 Å². The lowest BCUT2D eigenvalue weighted by molar-refractivity contribution is 0.0739. The van der Waals surface area contributed by atoms with E-state index in [4.69, 9.17) is 39.5 Å². The molecule has 0 spiro atoms. The predicted molar refractivity (Wildman–Crippen MR) is 151 cm³/mol. The zero-order valence-electron chi connectivity index (χ0n) is 19.4. The van der Waals surface area contributed by atoms with Gasteiger partial charge >= 0.3 is 5.97 Å². The van der Waals surface area contributed by atoms with Gasteiger partial charge in [0.1, 0.15) is 10.6 Å². The highest BCUT2D eigenvalue weighted by molar-refractivity contribution is 7.21. The number of hydrazone groups is 1. The summed E-state index contributed by atoms with van der Waals surface area (Å²) < 4.78 is 7.98. The topological polar surface area (TPSA) is 85.6 Å². The van der Waals surface area contributed by atoms with Crippen LogP contribution in [0.4, 0.5) is 0 Å². The molecule has 0 radical (unpaired) electrons. The number of nitrogens with one attached hydrogen (secondary N) is 1. The number of hydrogen-bond acceptors (Lipinski definition) is 6. The predicted octanol–water partition coefficient (Wildman–Crippen LogP) is 7.09. The van der Waals surface area contributed by atoms with Gasteiger partial charge in [-0.3, -0.25) is 9.48 Å². The van der Waals surface area contributed by atoms with Crippen LogP contribution in [0.15, 0.2) is 84.1 Å². The summed E-state index contributed by atoms with van der Waals surface area (Å²) >= 11 is 19.8. The van der Waals surface area contributed by atoms with E-state index in [-0.39, 0.29) is 5.69 Å². The number of hydrogen-bond donors (Lipinski definition) is 1. The molecular formula is C27H17Cl3N4O3S. The van der Waals surface area contributed by atoms with Crippen LogP contribution in [-0.2, 0) is 6.54 Å². The van der Waals surface area contributed by atoms with Gasteiger partial charge in [-0.25, -0.2) is 10.2 Å². The van der Waals surface area contributed by atoms with Crippen molar-refractivity contribution in [3.63, 3.8) is 0 Å². The zero-order chi connectivity index (χ0) is 26.6. The molecule has 0 atom stereocenters. The molecule has 0 aliphatic heterocycles. The zero-order valence-corrected chi connectivity index (χ0v) is 22.5. The molecule has 1 amide bonds. The van der Waals surface area contributed by atoms with E-state index in [1.54, 1.807) is 53.3 Å². The van der Waals surface area contributed by atoms with Gasteiger partial charge in [0.2, 0.25) is 0 Å². The van der Waals surface area contributed by atoms with Crippen LogP contribution < -0.4 is 10.2 Å². The molecule has 0 aliphatic rings. The number of esters is 1. The summed E-state index contributed by atoms with van der Waals surface area (Å²) in [6.45, 7) is 0.387. The average Bonchev–Trinajstić information content (AvgIpc) is 3.51. The van der Waals surface area contributed by atoms with Crippen molar-refractivity contribution in [3.05, 3.63) is 116 Å². The van der Waals surface area contributed by atoms with Crippen LogP contribution in [0.3, 0.4) is 0 Å². The Morgan fingerprint density at radius 1 is 1.03 bits per heavy atom. The lowest BCUT2D eigenvalue weighted by atomic mass is 10.2. The number of thiophene rings is 1. The molecule has 11 heteroatoms. The number of ether oxygens (including phenoxy) is 1. The molecule has 7 nitrogen and oxygen atoms in total. The average molecular weight is 584 g/mol. The van der Waals surface area contributed by atoms with Crippen molar-refractivity contribution >= 4 is 74.3 Å². The first kappa shape index (κ1) is 25.9. The molecule has 3 aromatic carbocycles. The van der Waals surface area contributed by atoms with Gasteiger partial charge in [0.05, 0.1) is 17.8 Å². The molecule has 0 aliphatic carbocycles. The third-order valence-electron chi connectivity index (χ3n) is 5.41. The Morgan fingerprint density at radius 2 is 1.82 bits per heavy atom. The lowest BCUT2D eigenvalue weighted by Gasteiger charge is -2.05. The maximum atomic E-state index is 12.6. The molecule has 0 fully saturated rings. The van der Waals surface area contributed by atoms with E-state index < -0.39 is 11.9 Å². The number of carbonyl (C=O) groups is 2. The summed E-state index contributed by atoms with van der Waals surface area (Å²) in [5.74, 6) is -0.633. The first-order chi connectivity index (χ1) is 18.4. The number of carbonyl (C=O) groups excluding carboxylic acids is 2. The van der Waals surface area contributed by atoms with Crippen molar-refractivity contribution in [2.24, 2.45) is 5.10 Å². The van der Waals surface area contributed by atoms with Crippen molar-refractivity contribution in [2.75, 3.05) is 0 Å². The van der Waals surface area contributed by atoms with E-state index in [2.05, 4.69) is 15.6 Å². The number of aromatic nitrogens is 2. The van der Waals surface area contributed by atoms with Crippen molar-refractivity contribution in [1.29, 1.82) is 0 Å². The molecule has 0 saturated carbocycles. The fourth-order valence-electron chi connectivity index (χ4n) is 3.54. The molecule has 2 heterocycles. The molecule has 1 N–H and O–H groups in total. The normalized spacial score (nSPS) is 11.2. The van der Waals surface area contributed by atoms with Crippen LogP contribution in [-0.4, -0.2) is 27.9 Å². The van der Waals surface area contributed by atoms with E-state index in [1.807, 2.05) is 30.3 Å². The second-order valence-electron chi connectivity index (χ2n) is 8.03.